The van der Waals surface area contributed by atoms with E-state index in [1.165, 1.54) is 16.7 Å². The predicted molar refractivity (Wildman–Crippen MR) is 82.4 cm³/mol. The Hall–Kier alpha value is -1.58. The van der Waals surface area contributed by atoms with Crippen molar-refractivity contribution in [1.82, 2.24) is 10.2 Å². The zero-order valence-electron chi connectivity index (χ0n) is 12.6. The Morgan fingerprint density at radius 2 is 2.05 bits per heavy atom. The molecule has 0 amide bonds. The summed E-state index contributed by atoms with van der Waals surface area (Å²) in [5, 5.41) is 3.31. The normalized spacial score (nSPS) is 11.2. The van der Waals surface area contributed by atoms with Crippen molar-refractivity contribution >= 4 is 0 Å². The van der Waals surface area contributed by atoms with Crippen LogP contribution in [0.15, 0.2) is 41.0 Å². The number of hydrogen-bond donors (Lipinski definition) is 1. The Kier molecular flexibility index (Phi) is 5.39. The Morgan fingerprint density at radius 1 is 1.20 bits per heavy atom. The SMILES string of the molecule is CCNCc1occc1CN(C)Cc1cccc(C)c1. The molecule has 1 aromatic heterocycles. The number of rotatable bonds is 7. The minimum absolute atomic E-state index is 0.803. The van der Waals surface area contributed by atoms with E-state index in [4.69, 9.17) is 4.42 Å². The first kappa shape index (κ1) is 14.8. The third-order valence-electron chi connectivity index (χ3n) is 3.35. The summed E-state index contributed by atoms with van der Waals surface area (Å²) in [5.41, 5.74) is 3.93. The van der Waals surface area contributed by atoms with Crippen LogP contribution in [-0.4, -0.2) is 18.5 Å². The van der Waals surface area contributed by atoms with Crippen molar-refractivity contribution in [3.8, 4) is 0 Å². The second kappa shape index (κ2) is 7.27. The maximum Gasteiger partial charge on any atom is 0.122 e. The number of nitrogens with zero attached hydrogens (tertiary/aromatic N) is 1. The molecule has 20 heavy (non-hydrogen) atoms. The van der Waals surface area contributed by atoms with Gasteiger partial charge < -0.3 is 9.73 Å². The molecule has 0 spiro atoms. The predicted octanol–water partition coefficient (Wildman–Crippen LogP) is 3.33. The highest BCUT2D eigenvalue weighted by Gasteiger charge is 2.09. The Morgan fingerprint density at radius 3 is 2.80 bits per heavy atom. The van der Waals surface area contributed by atoms with Gasteiger partial charge in [-0.25, -0.2) is 0 Å². The maximum absolute atomic E-state index is 5.55. The van der Waals surface area contributed by atoms with Crippen molar-refractivity contribution in [3.05, 3.63) is 59.0 Å². The van der Waals surface area contributed by atoms with Crippen molar-refractivity contribution in [2.45, 2.75) is 33.5 Å². The van der Waals surface area contributed by atoms with Crippen molar-refractivity contribution in [2.75, 3.05) is 13.6 Å². The van der Waals surface area contributed by atoms with Gasteiger partial charge in [-0.05, 0) is 32.1 Å². The highest BCUT2D eigenvalue weighted by molar-refractivity contribution is 5.22. The van der Waals surface area contributed by atoms with Crippen LogP contribution >= 0.6 is 0 Å². The number of hydrogen-bond acceptors (Lipinski definition) is 3. The van der Waals surface area contributed by atoms with Crippen LogP contribution in [0.25, 0.3) is 0 Å². The Bertz CT molecular complexity index is 533. The first-order chi connectivity index (χ1) is 9.69. The van der Waals surface area contributed by atoms with E-state index in [0.717, 1.165) is 31.9 Å². The summed E-state index contributed by atoms with van der Waals surface area (Å²) < 4.78 is 5.55. The quantitative estimate of drug-likeness (QED) is 0.838. The van der Waals surface area contributed by atoms with Crippen LogP contribution in [0.2, 0.25) is 0 Å². The maximum atomic E-state index is 5.55. The van der Waals surface area contributed by atoms with Crippen LogP contribution in [0.5, 0.6) is 0 Å². The summed E-state index contributed by atoms with van der Waals surface area (Å²) in [4.78, 5) is 2.31. The average molecular weight is 272 g/mol. The molecular formula is C17H24N2O. The highest BCUT2D eigenvalue weighted by atomic mass is 16.3. The third-order valence-corrected chi connectivity index (χ3v) is 3.35. The summed E-state index contributed by atoms with van der Waals surface area (Å²) in [6.45, 7) is 7.86. The average Bonchev–Trinajstić information content (AvgIpc) is 2.83. The van der Waals surface area contributed by atoms with E-state index < -0.39 is 0 Å². The van der Waals surface area contributed by atoms with Crippen LogP contribution < -0.4 is 5.32 Å². The first-order valence-corrected chi connectivity index (χ1v) is 7.19. The molecule has 1 heterocycles. The van der Waals surface area contributed by atoms with Gasteiger partial charge >= 0.3 is 0 Å². The summed E-state index contributed by atoms with van der Waals surface area (Å²) in [6, 6.07) is 10.7. The molecular weight excluding hydrogens is 248 g/mol. The van der Waals surface area contributed by atoms with Gasteiger partial charge in [0, 0.05) is 18.7 Å². The van der Waals surface area contributed by atoms with Gasteiger partial charge in [0.25, 0.3) is 0 Å². The highest BCUT2D eigenvalue weighted by Crippen LogP contribution is 2.14. The molecule has 2 rings (SSSR count). The summed E-state index contributed by atoms with van der Waals surface area (Å²) in [7, 11) is 2.15. The molecule has 0 bridgehead atoms. The van der Waals surface area contributed by atoms with Crippen molar-refractivity contribution in [1.29, 1.82) is 0 Å². The van der Waals surface area contributed by atoms with Crippen molar-refractivity contribution < 1.29 is 4.42 Å². The smallest absolute Gasteiger partial charge is 0.122 e. The number of furan rings is 1. The molecule has 0 aliphatic carbocycles. The van der Waals surface area contributed by atoms with E-state index in [0.29, 0.717) is 0 Å². The molecule has 0 aliphatic rings. The lowest BCUT2D eigenvalue weighted by Gasteiger charge is -2.17. The van der Waals surface area contributed by atoms with Crippen molar-refractivity contribution in [2.24, 2.45) is 0 Å². The molecule has 0 unspecified atom stereocenters. The van der Waals surface area contributed by atoms with Gasteiger partial charge in [0.2, 0.25) is 0 Å². The fraction of sp³-hybridized carbons (Fsp3) is 0.412. The molecule has 3 nitrogen and oxygen atoms in total. The van der Waals surface area contributed by atoms with Crippen LogP contribution in [0.4, 0.5) is 0 Å². The topological polar surface area (TPSA) is 28.4 Å². The van der Waals surface area contributed by atoms with Gasteiger partial charge in [0.05, 0.1) is 12.8 Å². The van der Waals surface area contributed by atoms with E-state index in [1.807, 2.05) is 0 Å². The Labute approximate surface area is 121 Å². The molecule has 0 aliphatic heterocycles. The molecule has 0 saturated heterocycles. The van der Waals surface area contributed by atoms with Gasteiger partial charge in [0.1, 0.15) is 5.76 Å². The number of aryl methyl sites for hydroxylation is 1. The second-order valence-electron chi connectivity index (χ2n) is 5.31. The van der Waals surface area contributed by atoms with E-state index >= 15 is 0 Å². The molecule has 0 radical (unpaired) electrons. The van der Waals surface area contributed by atoms with Crippen molar-refractivity contribution in [3.63, 3.8) is 0 Å². The van der Waals surface area contributed by atoms with E-state index in [2.05, 4.69) is 61.4 Å². The van der Waals surface area contributed by atoms with Gasteiger partial charge in [-0.1, -0.05) is 36.8 Å². The Balaban J connectivity index is 1.94. The zero-order valence-corrected chi connectivity index (χ0v) is 12.6. The van der Waals surface area contributed by atoms with E-state index in [1.54, 1.807) is 6.26 Å². The van der Waals surface area contributed by atoms with Crippen LogP contribution in [0.1, 0.15) is 29.4 Å². The second-order valence-corrected chi connectivity index (χ2v) is 5.31. The molecule has 1 N–H and O–H groups in total. The molecule has 3 heteroatoms. The third kappa shape index (κ3) is 4.22. The van der Waals surface area contributed by atoms with Gasteiger partial charge in [-0.3, -0.25) is 4.90 Å². The van der Waals surface area contributed by atoms with Gasteiger partial charge in [-0.15, -0.1) is 0 Å². The summed E-state index contributed by atoms with van der Waals surface area (Å²) in [6.07, 6.45) is 1.78. The molecule has 0 fully saturated rings. The van der Waals surface area contributed by atoms with E-state index in [9.17, 15) is 0 Å². The number of nitrogens with one attached hydrogen (secondary N) is 1. The molecule has 0 atom stereocenters. The summed E-state index contributed by atoms with van der Waals surface area (Å²) >= 11 is 0. The first-order valence-electron chi connectivity index (χ1n) is 7.19. The lowest BCUT2D eigenvalue weighted by Crippen LogP contribution is -2.19. The zero-order chi connectivity index (χ0) is 14.4. The van der Waals surface area contributed by atoms with Gasteiger partial charge in [0.15, 0.2) is 0 Å². The standard InChI is InChI=1S/C17H24N2O/c1-4-18-11-17-16(8-9-20-17)13-19(3)12-15-7-5-6-14(2)10-15/h5-10,18H,4,11-13H2,1-3H3. The largest absolute Gasteiger partial charge is 0.468 e. The summed E-state index contributed by atoms with van der Waals surface area (Å²) in [5.74, 6) is 1.04. The van der Waals surface area contributed by atoms with Crippen LogP contribution in [0, 0.1) is 6.92 Å². The molecule has 0 saturated carbocycles. The lowest BCUT2D eigenvalue weighted by molar-refractivity contribution is 0.314. The fourth-order valence-electron chi connectivity index (χ4n) is 2.37. The number of benzene rings is 1. The van der Waals surface area contributed by atoms with Gasteiger partial charge in [-0.2, -0.15) is 0 Å². The minimum Gasteiger partial charge on any atom is -0.468 e. The molecule has 1 aromatic carbocycles. The lowest BCUT2D eigenvalue weighted by atomic mass is 10.1. The molecule has 2 aromatic rings. The minimum atomic E-state index is 0.803. The van der Waals surface area contributed by atoms with Crippen LogP contribution in [0.3, 0.4) is 0 Å². The monoisotopic (exact) mass is 272 g/mol. The van der Waals surface area contributed by atoms with E-state index in [-0.39, 0.29) is 0 Å². The molecule has 108 valence electrons. The van der Waals surface area contributed by atoms with Crippen LogP contribution in [-0.2, 0) is 19.6 Å². The fourth-order valence-corrected chi connectivity index (χ4v) is 2.37.